The molecule has 0 N–H and O–H groups in total. The zero-order chi connectivity index (χ0) is 20.1. The minimum absolute atomic E-state index is 0.00928. The molecule has 2 aliphatic heterocycles. The molecular formula is C22H32FN3O2. The average molecular weight is 390 g/mol. The van der Waals surface area contributed by atoms with E-state index in [2.05, 4.69) is 0 Å². The van der Waals surface area contributed by atoms with E-state index in [1.165, 1.54) is 25.0 Å². The van der Waals surface area contributed by atoms with Crippen molar-refractivity contribution in [1.82, 2.24) is 14.7 Å². The molecule has 2 atom stereocenters. The summed E-state index contributed by atoms with van der Waals surface area (Å²) in [5, 5.41) is 0. The van der Waals surface area contributed by atoms with E-state index in [0.29, 0.717) is 13.1 Å². The molecule has 0 aromatic heterocycles. The van der Waals surface area contributed by atoms with Gasteiger partial charge < -0.3 is 9.80 Å². The molecule has 0 saturated carbocycles. The van der Waals surface area contributed by atoms with Gasteiger partial charge in [-0.15, -0.1) is 0 Å². The third-order valence-corrected chi connectivity index (χ3v) is 5.94. The molecule has 2 saturated heterocycles. The van der Waals surface area contributed by atoms with Gasteiger partial charge in [0.15, 0.2) is 0 Å². The fourth-order valence-corrected chi connectivity index (χ4v) is 4.41. The normalized spacial score (nSPS) is 22.1. The topological polar surface area (TPSA) is 43.9 Å². The van der Waals surface area contributed by atoms with Crippen molar-refractivity contribution in [1.29, 1.82) is 0 Å². The lowest BCUT2D eigenvalue weighted by atomic mass is 9.94. The van der Waals surface area contributed by atoms with Crippen LogP contribution in [-0.4, -0.2) is 66.8 Å². The van der Waals surface area contributed by atoms with Crippen LogP contribution in [0.2, 0.25) is 0 Å². The number of likely N-dealkylation sites (tertiary alicyclic amines) is 2. The lowest BCUT2D eigenvalue weighted by molar-refractivity contribution is -0.143. The van der Waals surface area contributed by atoms with Crippen molar-refractivity contribution >= 4 is 11.8 Å². The van der Waals surface area contributed by atoms with Gasteiger partial charge in [-0.05, 0) is 57.5 Å². The van der Waals surface area contributed by atoms with E-state index in [1.54, 1.807) is 12.1 Å². The van der Waals surface area contributed by atoms with Crippen LogP contribution in [0.25, 0.3) is 0 Å². The second-order valence-electron chi connectivity index (χ2n) is 8.28. The van der Waals surface area contributed by atoms with Gasteiger partial charge >= 0.3 is 0 Å². The Hall–Kier alpha value is -1.95. The predicted molar refractivity (Wildman–Crippen MR) is 107 cm³/mol. The maximum Gasteiger partial charge on any atom is 0.244 e. The van der Waals surface area contributed by atoms with Crippen LogP contribution in [0.5, 0.6) is 0 Å². The molecule has 3 rings (SSSR count). The standard InChI is InChI=1S/C22H32FN3O2/c1-24(2)20(17-9-11-19(23)12-10-17)22(28)26-15-7-8-18(16-26)21(27)25-13-5-3-4-6-14-25/h9-12,18,20H,3-8,13-16H2,1-2H3/t18-,20-/m1/s1. The van der Waals surface area contributed by atoms with Gasteiger partial charge in [-0.25, -0.2) is 4.39 Å². The van der Waals surface area contributed by atoms with E-state index in [1.807, 2.05) is 28.8 Å². The van der Waals surface area contributed by atoms with E-state index in [0.717, 1.165) is 44.3 Å². The zero-order valence-corrected chi connectivity index (χ0v) is 17.1. The van der Waals surface area contributed by atoms with Crippen LogP contribution in [0.15, 0.2) is 24.3 Å². The number of benzene rings is 1. The summed E-state index contributed by atoms with van der Waals surface area (Å²) >= 11 is 0. The number of carbonyl (C=O) groups excluding carboxylic acids is 2. The Balaban J connectivity index is 1.70. The van der Waals surface area contributed by atoms with Crippen molar-refractivity contribution in [3.8, 4) is 0 Å². The van der Waals surface area contributed by atoms with Crippen molar-refractivity contribution in [2.45, 2.75) is 44.6 Å². The van der Waals surface area contributed by atoms with E-state index >= 15 is 0 Å². The maximum atomic E-state index is 13.3. The molecule has 6 heteroatoms. The number of halogens is 1. The van der Waals surface area contributed by atoms with Gasteiger partial charge in [-0.1, -0.05) is 25.0 Å². The smallest absolute Gasteiger partial charge is 0.244 e. The molecule has 154 valence electrons. The Morgan fingerprint density at radius 3 is 2.18 bits per heavy atom. The highest BCUT2D eigenvalue weighted by atomic mass is 19.1. The van der Waals surface area contributed by atoms with E-state index in [9.17, 15) is 14.0 Å². The molecular weight excluding hydrogens is 357 g/mol. The Kier molecular flexibility index (Phi) is 7.05. The second-order valence-corrected chi connectivity index (χ2v) is 8.28. The van der Waals surface area contributed by atoms with Crippen LogP contribution in [0.1, 0.15) is 50.1 Å². The molecule has 1 aromatic rings. The molecule has 0 aliphatic carbocycles. The van der Waals surface area contributed by atoms with Crippen molar-refractivity contribution in [3.05, 3.63) is 35.6 Å². The minimum atomic E-state index is -0.465. The number of carbonyl (C=O) groups is 2. The molecule has 0 bridgehead atoms. The van der Waals surface area contributed by atoms with Crippen LogP contribution in [0.3, 0.4) is 0 Å². The predicted octanol–water partition coefficient (Wildman–Crippen LogP) is 3.07. The fourth-order valence-electron chi connectivity index (χ4n) is 4.41. The van der Waals surface area contributed by atoms with Crippen LogP contribution in [0.4, 0.5) is 4.39 Å². The SMILES string of the molecule is CN(C)[C@@H](C(=O)N1CCC[C@@H](C(=O)N2CCCCCC2)C1)c1ccc(F)cc1. The van der Waals surface area contributed by atoms with Crippen LogP contribution < -0.4 is 0 Å². The number of likely N-dealkylation sites (N-methyl/N-ethyl adjacent to an activating group) is 1. The van der Waals surface area contributed by atoms with Gasteiger partial charge in [0, 0.05) is 26.2 Å². The fraction of sp³-hybridized carbons (Fsp3) is 0.636. The van der Waals surface area contributed by atoms with Crippen molar-refractivity contribution in [3.63, 3.8) is 0 Å². The summed E-state index contributed by atoms with van der Waals surface area (Å²) in [6, 6.07) is 5.65. The van der Waals surface area contributed by atoms with Crippen molar-refractivity contribution in [2.75, 3.05) is 40.3 Å². The van der Waals surface area contributed by atoms with Crippen molar-refractivity contribution in [2.24, 2.45) is 5.92 Å². The third-order valence-electron chi connectivity index (χ3n) is 5.94. The van der Waals surface area contributed by atoms with E-state index in [4.69, 9.17) is 0 Å². The van der Waals surface area contributed by atoms with E-state index < -0.39 is 6.04 Å². The molecule has 2 amide bonds. The Morgan fingerprint density at radius 1 is 0.964 bits per heavy atom. The van der Waals surface area contributed by atoms with Gasteiger partial charge in [-0.2, -0.15) is 0 Å². The Bertz CT molecular complexity index is 669. The molecule has 2 aliphatic rings. The van der Waals surface area contributed by atoms with E-state index in [-0.39, 0.29) is 23.5 Å². The van der Waals surface area contributed by atoms with Gasteiger partial charge in [0.25, 0.3) is 0 Å². The summed E-state index contributed by atoms with van der Waals surface area (Å²) < 4.78 is 13.3. The van der Waals surface area contributed by atoms with Crippen LogP contribution >= 0.6 is 0 Å². The molecule has 2 fully saturated rings. The highest BCUT2D eigenvalue weighted by molar-refractivity contribution is 5.85. The first-order valence-electron chi connectivity index (χ1n) is 10.5. The number of hydrogen-bond donors (Lipinski definition) is 0. The number of piperidine rings is 1. The monoisotopic (exact) mass is 389 g/mol. The summed E-state index contributed by atoms with van der Waals surface area (Å²) in [6.07, 6.45) is 6.24. The van der Waals surface area contributed by atoms with Gasteiger partial charge in [0.05, 0.1) is 5.92 Å². The highest BCUT2D eigenvalue weighted by Crippen LogP contribution is 2.26. The van der Waals surface area contributed by atoms with Crippen molar-refractivity contribution < 1.29 is 14.0 Å². The van der Waals surface area contributed by atoms with Gasteiger partial charge in [0.1, 0.15) is 11.9 Å². The summed E-state index contributed by atoms with van der Waals surface area (Å²) in [7, 11) is 3.71. The highest BCUT2D eigenvalue weighted by Gasteiger charge is 2.35. The third kappa shape index (κ3) is 4.90. The Labute approximate surface area is 167 Å². The lowest BCUT2D eigenvalue weighted by Gasteiger charge is -2.37. The minimum Gasteiger partial charge on any atom is -0.342 e. The molecule has 1 aromatic carbocycles. The number of hydrogen-bond acceptors (Lipinski definition) is 3. The first-order valence-corrected chi connectivity index (χ1v) is 10.5. The zero-order valence-electron chi connectivity index (χ0n) is 17.1. The quantitative estimate of drug-likeness (QED) is 0.795. The molecule has 0 unspecified atom stereocenters. The average Bonchev–Trinajstić information content (AvgIpc) is 2.98. The van der Waals surface area contributed by atoms with Gasteiger partial charge in [0.2, 0.25) is 11.8 Å². The maximum absolute atomic E-state index is 13.3. The number of amides is 2. The first kappa shape index (κ1) is 20.8. The van der Waals surface area contributed by atoms with Crippen LogP contribution in [-0.2, 0) is 9.59 Å². The summed E-state index contributed by atoms with van der Waals surface area (Å²) in [5.41, 5.74) is 0.775. The van der Waals surface area contributed by atoms with Crippen LogP contribution in [0, 0.1) is 11.7 Å². The summed E-state index contributed by atoms with van der Waals surface area (Å²) in [6.45, 7) is 2.85. The Morgan fingerprint density at radius 2 is 1.57 bits per heavy atom. The molecule has 5 nitrogen and oxygen atoms in total. The molecule has 2 heterocycles. The second kappa shape index (κ2) is 9.50. The number of nitrogens with zero attached hydrogens (tertiary/aromatic N) is 3. The first-order chi connectivity index (χ1) is 13.5. The largest absolute Gasteiger partial charge is 0.342 e. The molecule has 28 heavy (non-hydrogen) atoms. The summed E-state index contributed by atoms with van der Waals surface area (Å²) in [5.74, 6) is -0.214. The number of rotatable bonds is 4. The lowest BCUT2D eigenvalue weighted by Crippen LogP contribution is -2.49. The molecule has 0 radical (unpaired) electrons. The van der Waals surface area contributed by atoms with Gasteiger partial charge in [-0.3, -0.25) is 14.5 Å². The summed E-state index contributed by atoms with van der Waals surface area (Å²) in [4.78, 5) is 32.0. The molecule has 0 spiro atoms.